The van der Waals surface area contributed by atoms with Crippen molar-refractivity contribution in [2.75, 3.05) is 0 Å². The van der Waals surface area contributed by atoms with E-state index in [0.717, 1.165) is 6.92 Å². The number of hydrogen-bond donors (Lipinski definition) is 1. The van der Waals surface area contributed by atoms with Crippen LogP contribution in [0.15, 0.2) is 47.4 Å². The molecule has 0 fully saturated rings. The maximum atomic E-state index is 12.6. The Bertz CT molecular complexity index is 639. The van der Waals surface area contributed by atoms with Crippen LogP contribution in [0.3, 0.4) is 0 Å². The van der Waals surface area contributed by atoms with Crippen molar-refractivity contribution >= 4 is 9.84 Å². The third-order valence-electron chi connectivity index (χ3n) is 3.53. The van der Waals surface area contributed by atoms with E-state index in [0.29, 0.717) is 0 Å². The molecule has 0 aliphatic heterocycles. The second-order valence-electron chi connectivity index (χ2n) is 5.62. The summed E-state index contributed by atoms with van der Waals surface area (Å²) < 4.78 is 25.1. The third kappa shape index (κ3) is 3.72. The minimum Gasteiger partial charge on any atom is -0.389 e. The van der Waals surface area contributed by atoms with Crippen LogP contribution >= 0.6 is 0 Å². The van der Waals surface area contributed by atoms with Gasteiger partial charge in [-0.05, 0) is 18.1 Å². The third-order valence-corrected chi connectivity index (χ3v) is 5.90. The Balaban J connectivity index is 3.14. The van der Waals surface area contributed by atoms with Crippen molar-refractivity contribution in [3.63, 3.8) is 0 Å². The lowest BCUT2D eigenvalue weighted by atomic mass is 10.1. The highest BCUT2D eigenvalue weighted by Gasteiger charge is 2.50. The molecule has 122 valence electrons. The zero-order valence-electron chi connectivity index (χ0n) is 12.8. The Morgan fingerprint density at radius 3 is 2.32 bits per heavy atom. The molecule has 0 aromatic heterocycles. The summed E-state index contributed by atoms with van der Waals surface area (Å²) in [6.07, 6.45) is 1.66. The van der Waals surface area contributed by atoms with Gasteiger partial charge in [-0.1, -0.05) is 44.2 Å². The molecule has 1 N–H and O–H groups in total. The summed E-state index contributed by atoms with van der Waals surface area (Å²) in [6.45, 7) is 4.67. The van der Waals surface area contributed by atoms with Gasteiger partial charge >= 0.3 is 4.87 Å². The van der Waals surface area contributed by atoms with Crippen LogP contribution in [0.4, 0.5) is 0 Å². The average Bonchev–Trinajstić information content (AvgIpc) is 2.47. The van der Waals surface area contributed by atoms with Crippen LogP contribution in [-0.2, 0) is 9.84 Å². The molecule has 2 atom stereocenters. The molecule has 0 spiro atoms. The first-order valence-electron chi connectivity index (χ1n) is 6.92. The van der Waals surface area contributed by atoms with Gasteiger partial charge in [0.1, 0.15) is 0 Å². The highest BCUT2D eigenvalue weighted by Crippen LogP contribution is 2.30. The van der Waals surface area contributed by atoms with Crippen LogP contribution in [0.2, 0.25) is 0 Å². The first kappa shape index (κ1) is 18.3. The molecule has 0 amide bonds. The molecule has 0 bridgehead atoms. The molecule has 1 aromatic carbocycles. The molecule has 7 heteroatoms. The fourth-order valence-corrected chi connectivity index (χ4v) is 3.32. The molecule has 0 aliphatic rings. The predicted molar refractivity (Wildman–Crippen MR) is 83.6 cm³/mol. The Hall–Kier alpha value is -1.73. The minimum absolute atomic E-state index is 0.0520. The van der Waals surface area contributed by atoms with Crippen molar-refractivity contribution in [3.8, 4) is 0 Å². The Labute approximate surface area is 130 Å². The van der Waals surface area contributed by atoms with E-state index in [2.05, 4.69) is 0 Å². The zero-order chi connectivity index (χ0) is 17.0. The van der Waals surface area contributed by atoms with Gasteiger partial charge in [-0.3, -0.25) is 10.1 Å². The molecular formula is C15H21NO5S. The average molecular weight is 327 g/mol. The number of nitro groups is 1. The minimum atomic E-state index is -4.15. The van der Waals surface area contributed by atoms with Crippen molar-refractivity contribution in [2.45, 2.75) is 43.1 Å². The van der Waals surface area contributed by atoms with Crippen LogP contribution in [0, 0.1) is 16.0 Å². The topological polar surface area (TPSA) is 97.5 Å². The smallest absolute Gasteiger partial charge is 0.323 e. The lowest BCUT2D eigenvalue weighted by Crippen LogP contribution is -2.43. The normalized spacial score (nSPS) is 16.6. The standard InChI is InChI=1S/C15H21NO5S/c1-12(2)14(17)10-7-11-15(3,16(18)19)22(20,21)13-8-5-4-6-9-13/h4-10,12,14,17H,11H2,1-3H3/b10-7+. The van der Waals surface area contributed by atoms with Gasteiger partial charge in [0.2, 0.25) is 9.84 Å². The Kier molecular flexibility index (Phi) is 5.85. The first-order valence-corrected chi connectivity index (χ1v) is 8.40. The van der Waals surface area contributed by atoms with Crippen molar-refractivity contribution in [1.82, 2.24) is 0 Å². The van der Waals surface area contributed by atoms with Crippen molar-refractivity contribution in [2.24, 2.45) is 5.92 Å². The van der Waals surface area contributed by atoms with Crippen LogP contribution < -0.4 is 0 Å². The van der Waals surface area contributed by atoms with Gasteiger partial charge in [0.25, 0.3) is 0 Å². The molecule has 6 nitrogen and oxygen atoms in total. The van der Waals surface area contributed by atoms with E-state index in [9.17, 15) is 23.6 Å². The van der Waals surface area contributed by atoms with Crippen LogP contribution in [0.5, 0.6) is 0 Å². The Morgan fingerprint density at radius 1 is 1.32 bits per heavy atom. The molecular weight excluding hydrogens is 306 g/mol. The maximum absolute atomic E-state index is 12.6. The molecule has 1 rings (SSSR count). The second-order valence-corrected chi connectivity index (χ2v) is 7.97. The van der Waals surface area contributed by atoms with Crippen LogP contribution in [0.25, 0.3) is 0 Å². The van der Waals surface area contributed by atoms with Gasteiger partial charge in [0.05, 0.1) is 17.4 Å². The van der Waals surface area contributed by atoms with Gasteiger partial charge in [-0.25, -0.2) is 8.42 Å². The maximum Gasteiger partial charge on any atom is 0.323 e. The number of rotatable bonds is 7. The first-order chi connectivity index (χ1) is 10.1. The van der Waals surface area contributed by atoms with Crippen LogP contribution in [0.1, 0.15) is 27.2 Å². The summed E-state index contributed by atoms with van der Waals surface area (Å²) in [5.74, 6) is -0.0520. The number of aliphatic hydroxyl groups excluding tert-OH is 1. The van der Waals surface area contributed by atoms with Crippen molar-refractivity contribution < 1.29 is 18.4 Å². The quantitative estimate of drug-likeness (QED) is 0.471. The molecule has 2 unspecified atom stereocenters. The highest BCUT2D eigenvalue weighted by molar-refractivity contribution is 7.92. The van der Waals surface area contributed by atoms with Gasteiger partial charge in [-0.15, -0.1) is 0 Å². The highest BCUT2D eigenvalue weighted by atomic mass is 32.2. The van der Waals surface area contributed by atoms with Crippen molar-refractivity contribution in [3.05, 3.63) is 52.6 Å². The number of benzene rings is 1. The molecule has 0 aliphatic carbocycles. The van der Waals surface area contributed by atoms with Gasteiger partial charge in [-0.2, -0.15) is 0 Å². The molecule has 0 saturated heterocycles. The monoisotopic (exact) mass is 327 g/mol. The fourth-order valence-electron chi connectivity index (χ4n) is 1.78. The fraction of sp³-hybridized carbons (Fsp3) is 0.467. The van der Waals surface area contributed by atoms with E-state index >= 15 is 0 Å². The van der Waals surface area contributed by atoms with E-state index in [1.807, 2.05) is 0 Å². The Morgan fingerprint density at radius 2 is 1.86 bits per heavy atom. The van der Waals surface area contributed by atoms with E-state index in [1.54, 1.807) is 19.9 Å². The zero-order valence-corrected chi connectivity index (χ0v) is 13.7. The lowest BCUT2D eigenvalue weighted by molar-refractivity contribution is -0.535. The van der Waals surface area contributed by atoms with E-state index in [4.69, 9.17) is 0 Å². The summed E-state index contributed by atoms with van der Waals surface area (Å²) in [7, 11) is -4.15. The lowest BCUT2D eigenvalue weighted by Gasteiger charge is -2.20. The second kappa shape index (κ2) is 7.02. The van der Waals surface area contributed by atoms with E-state index in [-0.39, 0.29) is 17.2 Å². The SMILES string of the molecule is CC(C)C(O)/C=C/CC(C)([N+](=O)[O-])S(=O)(=O)c1ccccc1. The van der Waals surface area contributed by atoms with E-state index in [1.165, 1.54) is 36.4 Å². The van der Waals surface area contributed by atoms with E-state index < -0.39 is 25.7 Å². The number of aliphatic hydroxyl groups is 1. The molecule has 22 heavy (non-hydrogen) atoms. The van der Waals surface area contributed by atoms with Gasteiger partial charge in [0.15, 0.2) is 0 Å². The molecule has 0 radical (unpaired) electrons. The number of sulfone groups is 1. The largest absolute Gasteiger partial charge is 0.389 e. The summed E-state index contributed by atoms with van der Waals surface area (Å²) in [4.78, 5) is 8.32. The summed E-state index contributed by atoms with van der Waals surface area (Å²) in [5.41, 5.74) is 0. The van der Waals surface area contributed by atoms with Gasteiger partial charge < -0.3 is 5.11 Å². The predicted octanol–water partition coefficient (Wildman–Crippen LogP) is 2.42. The van der Waals surface area contributed by atoms with Crippen LogP contribution in [-0.4, -0.2) is 29.4 Å². The molecule has 0 heterocycles. The van der Waals surface area contributed by atoms with Gasteiger partial charge in [0, 0.05) is 11.8 Å². The number of nitrogens with zero attached hydrogens (tertiary/aromatic N) is 1. The summed E-state index contributed by atoms with van der Waals surface area (Å²) in [5, 5.41) is 21.1. The summed E-state index contributed by atoms with van der Waals surface area (Å²) in [6, 6.07) is 7.35. The molecule has 1 aromatic rings. The summed E-state index contributed by atoms with van der Waals surface area (Å²) >= 11 is 0. The van der Waals surface area contributed by atoms with Crippen molar-refractivity contribution in [1.29, 1.82) is 0 Å². The molecule has 0 saturated carbocycles. The number of hydrogen-bond acceptors (Lipinski definition) is 5.